The highest BCUT2D eigenvalue weighted by Crippen LogP contribution is 2.25. The SMILES string of the molecule is CC(C)n1nccc1NC(=O)COc1ccccc1[N+](=O)[O-]. The fraction of sp³-hybridized carbons (Fsp3) is 0.286. The molecule has 8 heteroatoms. The molecule has 0 atom stereocenters. The van der Waals surface area contributed by atoms with Gasteiger partial charge in [-0.2, -0.15) is 5.10 Å². The second-order valence-corrected chi connectivity index (χ2v) is 4.82. The van der Waals surface area contributed by atoms with E-state index < -0.39 is 10.8 Å². The lowest BCUT2D eigenvalue weighted by atomic mass is 10.3. The fourth-order valence-electron chi connectivity index (χ4n) is 1.88. The fourth-order valence-corrected chi connectivity index (χ4v) is 1.88. The van der Waals surface area contributed by atoms with Gasteiger partial charge in [0, 0.05) is 18.2 Å². The summed E-state index contributed by atoms with van der Waals surface area (Å²) in [5, 5.41) is 17.6. The van der Waals surface area contributed by atoms with E-state index in [4.69, 9.17) is 4.74 Å². The van der Waals surface area contributed by atoms with Crippen LogP contribution in [0.1, 0.15) is 19.9 Å². The van der Waals surface area contributed by atoms with Crippen LogP contribution in [0.2, 0.25) is 0 Å². The standard InChI is InChI=1S/C14H16N4O4/c1-10(2)17-13(7-8-15-17)16-14(19)9-22-12-6-4-3-5-11(12)18(20)21/h3-8,10H,9H2,1-2H3,(H,16,19). The van der Waals surface area contributed by atoms with E-state index >= 15 is 0 Å². The first-order chi connectivity index (χ1) is 10.5. The number of ether oxygens (including phenoxy) is 1. The van der Waals surface area contributed by atoms with Crippen molar-refractivity contribution in [2.45, 2.75) is 19.9 Å². The van der Waals surface area contributed by atoms with Crippen molar-refractivity contribution in [3.8, 4) is 5.75 Å². The summed E-state index contributed by atoms with van der Waals surface area (Å²) in [6, 6.07) is 7.68. The van der Waals surface area contributed by atoms with Crippen LogP contribution in [-0.4, -0.2) is 27.2 Å². The minimum absolute atomic E-state index is 0.0556. The van der Waals surface area contributed by atoms with Crippen LogP contribution in [0, 0.1) is 10.1 Å². The summed E-state index contributed by atoms with van der Waals surface area (Å²) in [5.74, 6) is 0.187. The highest BCUT2D eigenvalue weighted by atomic mass is 16.6. The molecule has 1 N–H and O–H groups in total. The average molecular weight is 304 g/mol. The van der Waals surface area contributed by atoms with Crippen LogP contribution in [-0.2, 0) is 4.79 Å². The molecule has 22 heavy (non-hydrogen) atoms. The van der Waals surface area contributed by atoms with E-state index in [0.717, 1.165) is 0 Å². The molecule has 0 spiro atoms. The number of amides is 1. The van der Waals surface area contributed by atoms with Gasteiger partial charge in [0.15, 0.2) is 12.4 Å². The summed E-state index contributed by atoms with van der Waals surface area (Å²) in [6.45, 7) is 3.55. The maximum atomic E-state index is 11.9. The number of benzene rings is 1. The Morgan fingerprint density at radius 3 is 2.82 bits per heavy atom. The van der Waals surface area contributed by atoms with Gasteiger partial charge >= 0.3 is 5.69 Å². The summed E-state index contributed by atoms with van der Waals surface area (Å²) in [6.07, 6.45) is 1.58. The molecule has 0 bridgehead atoms. The van der Waals surface area contributed by atoms with E-state index in [0.29, 0.717) is 5.82 Å². The number of nitrogens with zero attached hydrogens (tertiary/aromatic N) is 3. The molecular weight excluding hydrogens is 288 g/mol. The largest absolute Gasteiger partial charge is 0.477 e. The van der Waals surface area contributed by atoms with Crippen molar-refractivity contribution in [2.75, 3.05) is 11.9 Å². The second kappa shape index (κ2) is 6.70. The molecule has 0 fully saturated rings. The summed E-state index contributed by atoms with van der Waals surface area (Å²) in [5.41, 5.74) is -0.178. The molecule has 0 saturated carbocycles. The lowest BCUT2D eigenvalue weighted by Gasteiger charge is -2.12. The van der Waals surface area contributed by atoms with Crippen LogP contribution in [0.25, 0.3) is 0 Å². The first kappa shape index (κ1) is 15.5. The maximum Gasteiger partial charge on any atom is 0.310 e. The van der Waals surface area contributed by atoms with Crippen LogP contribution >= 0.6 is 0 Å². The Morgan fingerprint density at radius 1 is 1.41 bits per heavy atom. The van der Waals surface area contributed by atoms with E-state index in [2.05, 4.69) is 10.4 Å². The van der Waals surface area contributed by atoms with Gasteiger partial charge in [0.2, 0.25) is 0 Å². The number of nitro groups is 1. The van der Waals surface area contributed by atoms with Gasteiger partial charge in [0.25, 0.3) is 5.91 Å². The normalized spacial score (nSPS) is 10.5. The number of para-hydroxylation sites is 2. The molecule has 0 saturated heterocycles. The molecule has 8 nitrogen and oxygen atoms in total. The van der Waals surface area contributed by atoms with Crippen LogP contribution in [0.15, 0.2) is 36.5 Å². The number of nitrogens with one attached hydrogen (secondary N) is 1. The van der Waals surface area contributed by atoms with Gasteiger partial charge in [-0.05, 0) is 19.9 Å². The molecule has 1 heterocycles. The molecule has 1 amide bonds. The Bertz CT molecular complexity index is 681. The minimum atomic E-state index is -0.554. The molecule has 0 aliphatic heterocycles. The van der Waals surface area contributed by atoms with Crippen molar-refractivity contribution < 1.29 is 14.5 Å². The summed E-state index contributed by atoms with van der Waals surface area (Å²) in [7, 11) is 0. The second-order valence-electron chi connectivity index (χ2n) is 4.82. The van der Waals surface area contributed by atoms with Crippen LogP contribution in [0.5, 0.6) is 5.75 Å². The number of anilines is 1. The quantitative estimate of drug-likeness (QED) is 0.652. The number of hydrogen-bond acceptors (Lipinski definition) is 5. The van der Waals surface area contributed by atoms with Gasteiger partial charge in [-0.3, -0.25) is 14.9 Å². The molecule has 0 radical (unpaired) electrons. The molecule has 0 aliphatic rings. The summed E-state index contributed by atoms with van der Waals surface area (Å²) >= 11 is 0. The Hall–Kier alpha value is -2.90. The Kier molecular flexibility index (Phi) is 4.72. The van der Waals surface area contributed by atoms with Gasteiger partial charge in [0.1, 0.15) is 5.82 Å². The monoisotopic (exact) mass is 304 g/mol. The van der Waals surface area contributed by atoms with E-state index in [1.165, 1.54) is 18.2 Å². The van der Waals surface area contributed by atoms with Crippen molar-refractivity contribution in [1.29, 1.82) is 0 Å². The molecule has 1 aromatic carbocycles. The summed E-state index contributed by atoms with van der Waals surface area (Å²) < 4.78 is 6.88. The molecule has 116 valence electrons. The number of nitro benzene ring substituents is 1. The van der Waals surface area contributed by atoms with Crippen molar-refractivity contribution >= 4 is 17.4 Å². The van der Waals surface area contributed by atoms with Crippen molar-refractivity contribution in [1.82, 2.24) is 9.78 Å². The molecular formula is C14H16N4O4. The van der Waals surface area contributed by atoms with Crippen LogP contribution < -0.4 is 10.1 Å². The first-order valence-electron chi connectivity index (χ1n) is 6.68. The van der Waals surface area contributed by atoms with Crippen LogP contribution in [0.4, 0.5) is 11.5 Å². The minimum Gasteiger partial charge on any atom is -0.477 e. The third-order valence-electron chi connectivity index (χ3n) is 2.85. The van der Waals surface area contributed by atoms with Gasteiger partial charge < -0.3 is 10.1 Å². The first-order valence-corrected chi connectivity index (χ1v) is 6.68. The number of hydrogen-bond donors (Lipinski definition) is 1. The van der Waals surface area contributed by atoms with Gasteiger partial charge in [-0.1, -0.05) is 12.1 Å². The number of carbonyl (C=O) groups is 1. The zero-order chi connectivity index (χ0) is 16.1. The van der Waals surface area contributed by atoms with Gasteiger partial charge in [-0.15, -0.1) is 0 Å². The number of carbonyl (C=O) groups excluding carboxylic acids is 1. The topological polar surface area (TPSA) is 99.3 Å². The molecule has 0 aliphatic carbocycles. The number of aromatic nitrogens is 2. The van der Waals surface area contributed by atoms with Crippen LogP contribution in [0.3, 0.4) is 0 Å². The van der Waals surface area contributed by atoms with E-state index in [9.17, 15) is 14.9 Å². The smallest absolute Gasteiger partial charge is 0.310 e. The summed E-state index contributed by atoms with van der Waals surface area (Å²) in [4.78, 5) is 22.2. The predicted octanol–water partition coefficient (Wildman–Crippen LogP) is 2.39. The van der Waals surface area contributed by atoms with E-state index in [1.807, 2.05) is 13.8 Å². The van der Waals surface area contributed by atoms with Crippen molar-refractivity contribution in [2.24, 2.45) is 0 Å². The van der Waals surface area contributed by atoms with Gasteiger partial charge in [-0.25, -0.2) is 4.68 Å². The molecule has 2 aromatic rings. The molecule has 1 aromatic heterocycles. The van der Waals surface area contributed by atoms with E-state index in [1.54, 1.807) is 23.0 Å². The molecule has 0 unspecified atom stereocenters. The Labute approximate surface area is 126 Å². The Morgan fingerprint density at radius 2 is 2.14 bits per heavy atom. The third-order valence-corrected chi connectivity index (χ3v) is 2.85. The highest BCUT2D eigenvalue weighted by molar-refractivity contribution is 5.91. The third kappa shape index (κ3) is 3.60. The maximum absolute atomic E-state index is 11.9. The van der Waals surface area contributed by atoms with Gasteiger partial charge in [0.05, 0.1) is 11.1 Å². The highest BCUT2D eigenvalue weighted by Gasteiger charge is 2.15. The lowest BCUT2D eigenvalue weighted by molar-refractivity contribution is -0.385. The zero-order valence-corrected chi connectivity index (χ0v) is 12.2. The van der Waals surface area contributed by atoms with Crippen molar-refractivity contribution in [3.63, 3.8) is 0 Å². The lowest BCUT2D eigenvalue weighted by Crippen LogP contribution is -2.22. The average Bonchev–Trinajstić information content (AvgIpc) is 2.93. The zero-order valence-electron chi connectivity index (χ0n) is 12.2. The van der Waals surface area contributed by atoms with Crippen molar-refractivity contribution in [3.05, 3.63) is 46.6 Å². The van der Waals surface area contributed by atoms with E-state index in [-0.39, 0.29) is 24.1 Å². The number of rotatable bonds is 6. The predicted molar refractivity (Wildman–Crippen MR) is 79.8 cm³/mol. The Balaban J connectivity index is 1.99. The molecule has 2 rings (SSSR count).